The summed E-state index contributed by atoms with van der Waals surface area (Å²) in [6.45, 7) is 0. The first-order chi connectivity index (χ1) is 8.78. The second-order valence-corrected chi connectivity index (χ2v) is 7.11. The molecule has 1 aliphatic rings. The van der Waals surface area contributed by atoms with Crippen molar-refractivity contribution in [3.05, 3.63) is 12.2 Å². The normalized spacial score (nSPS) is 20.2. The Morgan fingerprint density at radius 2 is 2.16 bits per heavy atom. The van der Waals surface area contributed by atoms with E-state index < -0.39 is 21.8 Å². The molecule has 1 amide bonds. The van der Waals surface area contributed by atoms with Crippen molar-refractivity contribution < 1.29 is 23.1 Å². The van der Waals surface area contributed by atoms with Crippen molar-refractivity contribution in [3.8, 4) is 0 Å². The van der Waals surface area contributed by atoms with Crippen LogP contribution in [-0.4, -0.2) is 43.5 Å². The lowest BCUT2D eigenvalue weighted by Crippen LogP contribution is -2.42. The topological polar surface area (TPSA) is 101 Å². The van der Waals surface area contributed by atoms with Crippen LogP contribution in [0.5, 0.6) is 0 Å². The Bertz CT molecular complexity index is 469. The van der Waals surface area contributed by atoms with Gasteiger partial charge in [0, 0.05) is 12.7 Å². The molecule has 0 aliphatic heterocycles. The molecule has 7 heteroatoms. The van der Waals surface area contributed by atoms with Gasteiger partial charge in [0.15, 0.2) is 0 Å². The molecule has 0 saturated carbocycles. The van der Waals surface area contributed by atoms with Crippen LogP contribution in [0.3, 0.4) is 0 Å². The lowest BCUT2D eigenvalue weighted by atomic mass is 10.0. The van der Waals surface area contributed by atoms with Crippen molar-refractivity contribution in [3.63, 3.8) is 0 Å². The van der Waals surface area contributed by atoms with Crippen LogP contribution >= 0.6 is 0 Å². The standard InChI is InChI=1S/C12H19NO5S/c1-19(17,18)7-6-10(12(15)16)13-11(14)8-9-4-2-3-5-9/h2,4,9-10H,3,5-8H2,1H3,(H,13,14)(H,15,16). The predicted molar refractivity (Wildman–Crippen MR) is 70.4 cm³/mol. The maximum Gasteiger partial charge on any atom is 0.326 e. The Balaban J connectivity index is 2.46. The monoisotopic (exact) mass is 289 g/mol. The molecule has 2 N–H and O–H groups in total. The third kappa shape index (κ3) is 6.37. The quantitative estimate of drug-likeness (QED) is 0.658. The van der Waals surface area contributed by atoms with E-state index in [2.05, 4.69) is 5.32 Å². The van der Waals surface area contributed by atoms with Crippen molar-refractivity contribution >= 4 is 21.7 Å². The van der Waals surface area contributed by atoms with Gasteiger partial charge in [0.25, 0.3) is 0 Å². The third-order valence-electron chi connectivity index (χ3n) is 2.97. The maximum absolute atomic E-state index is 11.7. The number of rotatable bonds is 7. The summed E-state index contributed by atoms with van der Waals surface area (Å²) in [7, 11) is -3.24. The van der Waals surface area contributed by atoms with Gasteiger partial charge in [0.2, 0.25) is 5.91 Å². The molecule has 0 bridgehead atoms. The minimum Gasteiger partial charge on any atom is -0.480 e. The van der Waals surface area contributed by atoms with Gasteiger partial charge >= 0.3 is 5.97 Å². The van der Waals surface area contributed by atoms with Crippen LogP contribution in [0.1, 0.15) is 25.7 Å². The lowest BCUT2D eigenvalue weighted by molar-refractivity contribution is -0.142. The Hall–Kier alpha value is -1.37. The average Bonchev–Trinajstić information content (AvgIpc) is 2.75. The number of carboxylic acid groups (broad SMARTS) is 1. The summed E-state index contributed by atoms with van der Waals surface area (Å²) in [6, 6.07) is -1.15. The molecule has 2 unspecified atom stereocenters. The fraction of sp³-hybridized carbons (Fsp3) is 0.667. The smallest absolute Gasteiger partial charge is 0.326 e. The molecule has 6 nitrogen and oxygen atoms in total. The van der Waals surface area contributed by atoms with Crippen LogP contribution in [0.25, 0.3) is 0 Å². The molecule has 0 aromatic carbocycles. The molecular weight excluding hydrogens is 270 g/mol. The summed E-state index contributed by atoms with van der Waals surface area (Å²) in [6.07, 6.45) is 6.96. The van der Waals surface area contributed by atoms with Gasteiger partial charge in [0.05, 0.1) is 5.75 Å². The lowest BCUT2D eigenvalue weighted by Gasteiger charge is -2.15. The fourth-order valence-electron chi connectivity index (χ4n) is 1.95. The van der Waals surface area contributed by atoms with Crippen molar-refractivity contribution in [2.45, 2.75) is 31.7 Å². The van der Waals surface area contributed by atoms with E-state index in [1.54, 1.807) is 0 Å². The van der Waals surface area contributed by atoms with Gasteiger partial charge in [0.1, 0.15) is 15.9 Å². The molecule has 1 rings (SSSR count). The second kappa shape index (κ2) is 6.70. The van der Waals surface area contributed by atoms with Gasteiger partial charge in [-0.2, -0.15) is 0 Å². The van der Waals surface area contributed by atoms with Gasteiger partial charge in [-0.15, -0.1) is 0 Å². The number of allylic oxidation sites excluding steroid dienone is 2. The first kappa shape index (κ1) is 15.7. The Morgan fingerprint density at radius 1 is 1.47 bits per heavy atom. The number of carbonyl (C=O) groups excluding carboxylic acids is 1. The van der Waals surface area contributed by atoms with E-state index in [-0.39, 0.29) is 30.4 Å². The highest BCUT2D eigenvalue weighted by molar-refractivity contribution is 7.90. The third-order valence-corrected chi connectivity index (χ3v) is 3.95. The van der Waals surface area contributed by atoms with Gasteiger partial charge < -0.3 is 10.4 Å². The fourth-order valence-corrected chi connectivity index (χ4v) is 2.61. The molecule has 1 aliphatic carbocycles. The highest BCUT2D eigenvalue weighted by atomic mass is 32.2. The minimum atomic E-state index is -3.24. The van der Waals surface area contributed by atoms with Crippen LogP contribution < -0.4 is 5.32 Å². The number of aliphatic carboxylic acids is 1. The largest absolute Gasteiger partial charge is 0.480 e. The summed E-state index contributed by atoms with van der Waals surface area (Å²) in [5.74, 6) is -1.66. The molecule has 0 aromatic rings. The Labute approximate surface area is 112 Å². The summed E-state index contributed by atoms with van der Waals surface area (Å²) in [5, 5.41) is 11.3. The van der Waals surface area contributed by atoms with Crippen LogP contribution in [0.15, 0.2) is 12.2 Å². The SMILES string of the molecule is CS(=O)(=O)CCC(NC(=O)CC1C=CCC1)C(=O)O. The molecule has 0 radical (unpaired) electrons. The molecule has 0 aromatic heterocycles. The second-order valence-electron chi connectivity index (χ2n) is 4.85. The van der Waals surface area contributed by atoms with Crippen LogP contribution in [0, 0.1) is 5.92 Å². The first-order valence-electron chi connectivity index (χ1n) is 6.14. The van der Waals surface area contributed by atoms with E-state index in [9.17, 15) is 18.0 Å². The van der Waals surface area contributed by atoms with E-state index in [4.69, 9.17) is 5.11 Å². The van der Waals surface area contributed by atoms with Crippen molar-refractivity contribution in [2.24, 2.45) is 5.92 Å². The van der Waals surface area contributed by atoms with Crippen LogP contribution in [0.4, 0.5) is 0 Å². The molecule has 0 fully saturated rings. The molecule has 2 atom stereocenters. The average molecular weight is 289 g/mol. The zero-order valence-electron chi connectivity index (χ0n) is 10.8. The number of hydrogen-bond donors (Lipinski definition) is 2. The number of carbonyl (C=O) groups is 2. The molecule has 0 heterocycles. The highest BCUT2D eigenvalue weighted by Crippen LogP contribution is 2.20. The molecule has 19 heavy (non-hydrogen) atoms. The highest BCUT2D eigenvalue weighted by Gasteiger charge is 2.23. The number of sulfone groups is 1. The van der Waals surface area contributed by atoms with Gasteiger partial charge in [-0.05, 0) is 25.2 Å². The minimum absolute atomic E-state index is 0.111. The number of carboxylic acids is 1. The Kier molecular flexibility index (Phi) is 5.53. The van der Waals surface area contributed by atoms with E-state index in [1.807, 2.05) is 12.2 Å². The predicted octanol–water partition coefficient (Wildman–Crippen LogP) is 0.347. The Morgan fingerprint density at radius 3 is 2.63 bits per heavy atom. The van der Waals surface area contributed by atoms with E-state index in [0.29, 0.717) is 0 Å². The maximum atomic E-state index is 11.7. The van der Waals surface area contributed by atoms with Gasteiger partial charge in [-0.25, -0.2) is 13.2 Å². The molecule has 108 valence electrons. The van der Waals surface area contributed by atoms with Crippen LogP contribution in [0.2, 0.25) is 0 Å². The molecule has 0 spiro atoms. The van der Waals surface area contributed by atoms with E-state index in [1.165, 1.54) is 0 Å². The van der Waals surface area contributed by atoms with Gasteiger partial charge in [-0.3, -0.25) is 4.79 Å². The van der Waals surface area contributed by atoms with Crippen molar-refractivity contribution in [2.75, 3.05) is 12.0 Å². The van der Waals surface area contributed by atoms with Crippen molar-refractivity contribution in [1.29, 1.82) is 0 Å². The summed E-state index contributed by atoms with van der Waals surface area (Å²) < 4.78 is 22.0. The van der Waals surface area contributed by atoms with E-state index in [0.717, 1.165) is 19.1 Å². The zero-order chi connectivity index (χ0) is 14.5. The van der Waals surface area contributed by atoms with Crippen LogP contribution in [-0.2, 0) is 19.4 Å². The number of nitrogens with one attached hydrogen (secondary N) is 1. The number of hydrogen-bond acceptors (Lipinski definition) is 4. The zero-order valence-corrected chi connectivity index (χ0v) is 11.6. The molecule has 0 saturated heterocycles. The first-order valence-corrected chi connectivity index (χ1v) is 8.20. The number of amides is 1. The summed E-state index contributed by atoms with van der Waals surface area (Å²) >= 11 is 0. The summed E-state index contributed by atoms with van der Waals surface area (Å²) in [5.41, 5.74) is 0. The van der Waals surface area contributed by atoms with Gasteiger partial charge in [-0.1, -0.05) is 12.2 Å². The summed E-state index contributed by atoms with van der Waals surface area (Å²) in [4.78, 5) is 22.6. The van der Waals surface area contributed by atoms with E-state index >= 15 is 0 Å². The van der Waals surface area contributed by atoms with Crippen molar-refractivity contribution in [1.82, 2.24) is 5.32 Å². The molecular formula is C12H19NO5S.